The molecule has 0 saturated carbocycles. The van der Waals surface area contributed by atoms with Crippen molar-refractivity contribution >= 4 is 29.9 Å². The maximum atomic E-state index is 5.49. The van der Waals surface area contributed by atoms with Gasteiger partial charge in [-0.05, 0) is 17.5 Å². The van der Waals surface area contributed by atoms with Gasteiger partial charge in [-0.15, -0.1) is 24.0 Å². The number of benzene rings is 1. The molecular weight excluding hydrogens is 467 g/mol. The number of nitrogens with zero attached hydrogens (tertiary/aromatic N) is 2. The molecule has 7 heteroatoms. The summed E-state index contributed by atoms with van der Waals surface area (Å²) in [5.41, 5.74) is 1.20. The number of nitrogens with one attached hydrogen (secondary N) is 2. The van der Waals surface area contributed by atoms with Crippen molar-refractivity contribution in [3.63, 3.8) is 0 Å². The van der Waals surface area contributed by atoms with Crippen molar-refractivity contribution in [2.24, 2.45) is 10.9 Å². The highest BCUT2D eigenvalue weighted by Gasteiger charge is 2.24. The second kappa shape index (κ2) is 13.2. The van der Waals surface area contributed by atoms with Gasteiger partial charge < -0.3 is 20.1 Å². The Hall–Kier alpha value is -1.06. The van der Waals surface area contributed by atoms with Gasteiger partial charge in [0.25, 0.3) is 0 Å². The molecule has 0 radical (unpaired) electrons. The topological polar surface area (TPSA) is 58.1 Å². The maximum absolute atomic E-state index is 5.49. The van der Waals surface area contributed by atoms with Crippen LogP contribution in [0.1, 0.15) is 32.3 Å². The Morgan fingerprint density at radius 1 is 1.14 bits per heavy atom. The van der Waals surface area contributed by atoms with E-state index in [1.54, 1.807) is 7.11 Å². The number of guanidine groups is 1. The Morgan fingerprint density at radius 2 is 1.79 bits per heavy atom. The van der Waals surface area contributed by atoms with E-state index in [4.69, 9.17) is 9.47 Å². The van der Waals surface area contributed by atoms with Crippen LogP contribution in [-0.4, -0.2) is 70.5 Å². The van der Waals surface area contributed by atoms with Gasteiger partial charge in [-0.3, -0.25) is 9.89 Å². The number of ether oxygens (including phenoxy) is 2. The molecule has 0 aromatic heterocycles. The molecular formula is C21H37IN4O2. The van der Waals surface area contributed by atoms with E-state index in [0.717, 1.165) is 51.1 Å². The lowest BCUT2D eigenvalue weighted by Crippen LogP contribution is -2.52. The molecule has 1 saturated heterocycles. The monoisotopic (exact) mass is 504 g/mol. The number of methoxy groups -OCH3 is 1. The third-order valence-electron chi connectivity index (χ3n) is 5.23. The molecule has 1 aromatic carbocycles. The highest BCUT2D eigenvalue weighted by Crippen LogP contribution is 2.25. The Bertz CT molecular complexity index is 592. The van der Waals surface area contributed by atoms with Crippen LogP contribution in [0.25, 0.3) is 0 Å². The Balaban J connectivity index is 0.00000392. The van der Waals surface area contributed by atoms with Crippen molar-refractivity contribution in [3.05, 3.63) is 29.8 Å². The van der Waals surface area contributed by atoms with E-state index in [9.17, 15) is 0 Å². The lowest BCUT2D eigenvalue weighted by molar-refractivity contribution is 0.00752. The van der Waals surface area contributed by atoms with Crippen LogP contribution in [0.15, 0.2) is 29.3 Å². The first kappa shape index (κ1) is 25.0. The SMILES string of the molecule is CN=C(NCC(C)c1ccccc1OC)NCC(C(C)C)N1CCOCC1.I. The zero-order valence-electron chi connectivity index (χ0n) is 17.9. The van der Waals surface area contributed by atoms with E-state index in [-0.39, 0.29) is 24.0 Å². The van der Waals surface area contributed by atoms with E-state index in [1.807, 2.05) is 19.2 Å². The molecule has 160 valence electrons. The summed E-state index contributed by atoms with van der Waals surface area (Å²) in [4.78, 5) is 6.91. The van der Waals surface area contributed by atoms with E-state index in [2.05, 4.69) is 53.4 Å². The molecule has 2 rings (SSSR count). The van der Waals surface area contributed by atoms with Crippen LogP contribution >= 0.6 is 24.0 Å². The molecule has 1 aromatic rings. The molecule has 1 aliphatic rings. The largest absolute Gasteiger partial charge is 0.496 e. The summed E-state index contributed by atoms with van der Waals surface area (Å²) in [6.45, 7) is 12.1. The van der Waals surface area contributed by atoms with E-state index in [1.165, 1.54) is 5.56 Å². The fraction of sp³-hybridized carbons (Fsp3) is 0.667. The molecule has 0 amide bonds. The van der Waals surface area contributed by atoms with Gasteiger partial charge in [-0.2, -0.15) is 0 Å². The van der Waals surface area contributed by atoms with Crippen molar-refractivity contribution in [2.75, 3.05) is 53.6 Å². The first-order valence-electron chi connectivity index (χ1n) is 9.96. The molecule has 28 heavy (non-hydrogen) atoms. The number of halogens is 1. The Morgan fingerprint density at radius 3 is 2.39 bits per heavy atom. The van der Waals surface area contributed by atoms with Gasteiger partial charge in [0.15, 0.2) is 5.96 Å². The molecule has 1 fully saturated rings. The predicted molar refractivity (Wildman–Crippen MR) is 127 cm³/mol. The minimum Gasteiger partial charge on any atom is -0.496 e. The van der Waals surface area contributed by atoms with Gasteiger partial charge in [0.2, 0.25) is 0 Å². The molecule has 1 aliphatic heterocycles. The summed E-state index contributed by atoms with van der Waals surface area (Å²) >= 11 is 0. The normalized spacial score (nSPS) is 17.6. The summed E-state index contributed by atoms with van der Waals surface area (Å²) < 4.78 is 11.0. The molecule has 6 nitrogen and oxygen atoms in total. The van der Waals surface area contributed by atoms with Crippen molar-refractivity contribution in [2.45, 2.75) is 32.7 Å². The molecule has 1 heterocycles. The first-order valence-corrected chi connectivity index (χ1v) is 9.96. The van der Waals surface area contributed by atoms with Crippen molar-refractivity contribution in [3.8, 4) is 5.75 Å². The minimum atomic E-state index is 0. The summed E-state index contributed by atoms with van der Waals surface area (Å²) in [5.74, 6) is 2.67. The highest BCUT2D eigenvalue weighted by molar-refractivity contribution is 14.0. The van der Waals surface area contributed by atoms with E-state index in [0.29, 0.717) is 17.9 Å². The third-order valence-corrected chi connectivity index (χ3v) is 5.23. The average Bonchev–Trinajstić information content (AvgIpc) is 2.70. The van der Waals surface area contributed by atoms with Crippen molar-refractivity contribution in [1.82, 2.24) is 15.5 Å². The second-order valence-corrected chi connectivity index (χ2v) is 7.44. The molecule has 2 atom stereocenters. The lowest BCUT2D eigenvalue weighted by Gasteiger charge is -2.37. The van der Waals surface area contributed by atoms with Crippen LogP contribution in [0.5, 0.6) is 5.75 Å². The van der Waals surface area contributed by atoms with E-state index >= 15 is 0 Å². The molecule has 0 aliphatic carbocycles. The quantitative estimate of drug-likeness (QED) is 0.324. The maximum Gasteiger partial charge on any atom is 0.191 e. The van der Waals surface area contributed by atoms with Crippen LogP contribution in [-0.2, 0) is 4.74 Å². The fourth-order valence-electron chi connectivity index (χ4n) is 3.55. The summed E-state index contributed by atoms with van der Waals surface area (Å²) in [7, 11) is 3.54. The first-order chi connectivity index (χ1) is 13.1. The van der Waals surface area contributed by atoms with Gasteiger partial charge in [-0.1, -0.05) is 39.0 Å². The van der Waals surface area contributed by atoms with Crippen LogP contribution in [0.2, 0.25) is 0 Å². The van der Waals surface area contributed by atoms with Gasteiger partial charge in [0.05, 0.1) is 20.3 Å². The highest BCUT2D eigenvalue weighted by atomic mass is 127. The second-order valence-electron chi connectivity index (χ2n) is 7.44. The van der Waals surface area contributed by atoms with Gasteiger partial charge in [0, 0.05) is 45.2 Å². The van der Waals surface area contributed by atoms with Crippen molar-refractivity contribution < 1.29 is 9.47 Å². The fourth-order valence-corrected chi connectivity index (χ4v) is 3.55. The zero-order chi connectivity index (χ0) is 19.6. The third kappa shape index (κ3) is 7.40. The average molecular weight is 504 g/mol. The standard InChI is InChI=1S/C21H36N4O2.HI/c1-16(2)19(25-10-12-27-13-11-25)15-24-21(22-4)23-14-17(3)18-8-6-7-9-20(18)26-5;/h6-9,16-17,19H,10-15H2,1-5H3,(H2,22,23,24);1H. The molecule has 0 bridgehead atoms. The molecule has 2 unspecified atom stereocenters. The predicted octanol–water partition coefficient (Wildman–Crippen LogP) is 2.94. The minimum absolute atomic E-state index is 0. The van der Waals surface area contributed by atoms with Crippen LogP contribution in [0, 0.1) is 5.92 Å². The molecule has 0 spiro atoms. The van der Waals surface area contributed by atoms with Crippen molar-refractivity contribution in [1.29, 1.82) is 0 Å². The van der Waals surface area contributed by atoms with Crippen LogP contribution in [0.4, 0.5) is 0 Å². The summed E-state index contributed by atoms with van der Waals surface area (Å²) in [6, 6.07) is 8.65. The number of morpholine rings is 1. The smallest absolute Gasteiger partial charge is 0.191 e. The van der Waals surface area contributed by atoms with Crippen LogP contribution < -0.4 is 15.4 Å². The molecule has 2 N–H and O–H groups in total. The Kier molecular flexibility index (Phi) is 11.8. The summed E-state index contributed by atoms with van der Waals surface area (Å²) in [6.07, 6.45) is 0. The number of hydrogen-bond donors (Lipinski definition) is 2. The van der Waals surface area contributed by atoms with Gasteiger partial charge in [-0.25, -0.2) is 0 Å². The number of aliphatic imine (C=N–C) groups is 1. The zero-order valence-corrected chi connectivity index (χ0v) is 20.2. The summed E-state index contributed by atoms with van der Waals surface area (Å²) in [5, 5.41) is 6.97. The van der Waals surface area contributed by atoms with Gasteiger partial charge >= 0.3 is 0 Å². The number of hydrogen-bond acceptors (Lipinski definition) is 4. The number of rotatable bonds is 8. The lowest BCUT2D eigenvalue weighted by atomic mass is 10.00. The van der Waals surface area contributed by atoms with E-state index < -0.39 is 0 Å². The van der Waals surface area contributed by atoms with Crippen LogP contribution in [0.3, 0.4) is 0 Å². The number of para-hydroxylation sites is 1. The van der Waals surface area contributed by atoms with Gasteiger partial charge in [0.1, 0.15) is 5.75 Å². The Labute approximate surface area is 187 Å².